The number of carboxylic acid groups (broad SMARTS) is 1. The molecule has 2 aromatic rings. The quantitative estimate of drug-likeness (QED) is 0.857. The number of benzene rings is 1. The van der Waals surface area contributed by atoms with Gasteiger partial charge >= 0.3 is 5.97 Å². The van der Waals surface area contributed by atoms with E-state index in [9.17, 15) is 9.18 Å². The average Bonchev–Trinajstić information content (AvgIpc) is 2.95. The first-order valence-electron chi connectivity index (χ1n) is 5.69. The van der Waals surface area contributed by atoms with Crippen LogP contribution in [0, 0.1) is 5.82 Å². The minimum atomic E-state index is -1.30. The smallest absolute Gasteiger partial charge is 0.338 e. The van der Waals surface area contributed by atoms with Gasteiger partial charge in [-0.15, -0.1) is 0 Å². The van der Waals surface area contributed by atoms with Crippen LogP contribution in [0.2, 0.25) is 0 Å². The van der Waals surface area contributed by atoms with Gasteiger partial charge in [0.25, 0.3) is 0 Å². The van der Waals surface area contributed by atoms with E-state index in [0.29, 0.717) is 23.5 Å². The van der Waals surface area contributed by atoms with Gasteiger partial charge in [0, 0.05) is 12.7 Å². The lowest BCUT2D eigenvalue weighted by Crippen LogP contribution is -1.99. The van der Waals surface area contributed by atoms with E-state index in [0.717, 1.165) is 18.9 Å². The van der Waals surface area contributed by atoms with Gasteiger partial charge in [-0.2, -0.15) is 0 Å². The van der Waals surface area contributed by atoms with Crippen molar-refractivity contribution in [2.45, 2.75) is 18.9 Å². The molecule has 1 aromatic heterocycles. The number of hydrogen-bond acceptors (Lipinski definition) is 3. The topological polar surface area (TPSA) is 75.2 Å². The van der Waals surface area contributed by atoms with Crippen LogP contribution in [0.5, 0.6) is 0 Å². The van der Waals surface area contributed by atoms with Crippen LogP contribution in [0.25, 0.3) is 11.0 Å². The molecule has 0 amide bonds. The van der Waals surface area contributed by atoms with E-state index in [4.69, 9.17) is 9.84 Å². The molecule has 5 nitrogen and oxygen atoms in total. The molecule has 3 rings (SSSR count). The van der Waals surface area contributed by atoms with E-state index in [1.54, 1.807) is 0 Å². The van der Waals surface area contributed by atoms with Gasteiger partial charge < -0.3 is 14.8 Å². The second-order valence-electron chi connectivity index (χ2n) is 4.28. The van der Waals surface area contributed by atoms with Crippen molar-refractivity contribution in [3.63, 3.8) is 0 Å². The molecule has 1 aliphatic rings. The van der Waals surface area contributed by atoms with E-state index < -0.39 is 11.8 Å². The van der Waals surface area contributed by atoms with Crippen molar-refractivity contribution in [3.8, 4) is 0 Å². The molecule has 0 spiro atoms. The molecule has 94 valence electrons. The summed E-state index contributed by atoms with van der Waals surface area (Å²) < 4.78 is 19.0. The maximum absolute atomic E-state index is 13.5. The zero-order valence-electron chi connectivity index (χ0n) is 9.44. The number of aromatic amines is 1. The molecule has 18 heavy (non-hydrogen) atoms. The van der Waals surface area contributed by atoms with Crippen molar-refractivity contribution in [1.29, 1.82) is 0 Å². The van der Waals surface area contributed by atoms with Gasteiger partial charge in [0.15, 0.2) is 0 Å². The van der Waals surface area contributed by atoms with E-state index in [1.165, 1.54) is 6.07 Å². The number of aromatic carboxylic acids is 1. The first-order valence-corrected chi connectivity index (χ1v) is 5.69. The molecule has 2 N–H and O–H groups in total. The minimum Gasteiger partial charge on any atom is -0.478 e. The van der Waals surface area contributed by atoms with Crippen LogP contribution in [0.3, 0.4) is 0 Å². The molecule has 1 aliphatic heterocycles. The summed E-state index contributed by atoms with van der Waals surface area (Å²) in [6, 6.07) is 2.40. The highest BCUT2D eigenvalue weighted by molar-refractivity contribution is 5.92. The highest BCUT2D eigenvalue weighted by atomic mass is 19.1. The summed E-state index contributed by atoms with van der Waals surface area (Å²) in [7, 11) is 0. The fourth-order valence-corrected chi connectivity index (χ4v) is 2.16. The normalized spacial score (nSPS) is 19.5. The summed E-state index contributed by atoms with van der Waals surface area (Å²) in [6.45, 7) is 0.691. The molecule has 6 heteroatoms. The van der Waals surface area contributed by atoms with Crippen LogP contribution in [0.4, 0.5) is 4.39 Å². The molecule has 1 saturated heterocycles. The van der Waals surface area contributed by atoms with Gasteiger partial charge in [0.1, 0.15) is 17.7 Å². The molecule has 1 fully saturated rings. The van der Waals surface area contributed by atoms with Crippen molar-refractivity contribution in [2.24, 2.45) is 0 Å². The summed E-state index contributed by atoms with van der Waals surface area (Å²) in [5.74, 6) is -1.43. The van der Waals surface area contributed by atoms with Crippen LogP contribution in [0.1, 0.15) is 35.1 Å². The van der Waals surface area contributed by atoms with E-state index in [1.807, 2.05) is 0 Å². The second kappa shape index (κ2) is 4.06. The SMILES string of the molecule is O=C(O)c1cc2nc(C3CCCO3)[nH]c2cc1F. The maximum Gasteiger partial charge on any atom is 0.338 e. The highest BCUT2D eigenvalue weighted by Crippen LogP contribution is 2.28. The third-order valence-electron chi connectivity index (χ3n) is 3.05. The van der Waals surface area contributed by atoms with Gasteiger partial charge in [0.2, 0.25) is 0 Å². The fraction of sp³-hybridized carbons (Fsp3) is 0.333. The van der Waals surface area contributed by atoms with E-state index >= 15 is 0 Å². The lowest BCUT2D eigenvalue weighted by molar-refractivity contribution is 0.0692. The Kier molecular flexibility index (Phi) is 2.52. The van der Waals surface area contributed by atoms with Gasteiger partial charge in [0.05, 0.1) is 16.6 Å². The van der Waals surface area contributed by atoms with Crippen molar-refractivity contribution in [3.05, 3.63) is 29.3 Å². The lowest BCUT2D eigenvalue weighted by Gasteiger charge is -2.03. The fourth-order valence-electron chi connectivity index (χ4n) is 2.16. The summed E-state index contributed by atoms with van der Waals surface area (Å²) in [4.78, 5) is 18.1. The predicted octanol–water partition coefficient (Wildman–Crippen LogP) is 2.25. The van der Waals surface area contributed by atoms with Gasteiger partial charge in [-0.05, 0) is 18.9 Å². The predicted molar refractivity (Wildman–Crippen MR) is 60.9 cm³/mol. The number of halogens is 1. The summed E-state index contributed by atoms with van der Waals surface area (Å²) in [5.41, 5.74) is 0.565. The third kappa shape index (κ3) is 1.74. The Morgan fingerprint density at radius 1 is 1.56 bits per heavy atom. The van der Waals surface area contributed by atoms with Crippen molar-refractivity contribution >= 4 is 17.0 Å². The van der Waals surface area contributed by atoms with Crippen LogP contribution in [0.15, 0.2) is 12.1 Å². The van der Waals surface area contributed by atoms with Gasteiger partial charge in [-0.3, -0.25) is 0 Å². The van der Waals surface area contributed by atoms with Crippen LogP contribution in [-0.4, -0.2) is 27.7 Å². The summed E-state index contributed by atoms with van der Waals surface area (Å²) in [5, 5.41) is 8.84. The monoisotopic (exact) mass is 250 g/mol. The summed E-state index contributed by atoms with van der Waals surface area (Å²) in [6.07, 6.45) is 1.73. The number of fused-ring (bicyclic) bond motifs is 1. The molecule has 0 saturated carbocycles. The first-order chi connectivity index (χ1) is 8.65. The Labute approximate surface area is 102 Å². The number of H-pyrrole nitrogens is 1. The van der Waals surface area contributed by atoms with Crippen molar-refractivity contribution in [2.75, 3.05) is 6.61 Å². The molecule has 1 unspecified atom stereocenters. The molecular formula is C12H11FN2O3. The Balaban J connectivity index is 2.08. The molecular weight excluding hydrogens is 239 g/mol. The third-order valence-corrected chi connectivity index (χ3v) is 3.05. The van der Waals surface area contributed by atoms with Crippen LogP contribution < -0.4 is 0 Å². The Bertz CT molecular complexity index is 617. The molecule has 0 bridgehead atoms. The lowest BCUT2D eigenvalue weighted by atomic mass is 10.2. The van der Waals surface area contributed by atoms with Crippen LogP contribution >= 0.6 is 0 Å². The zero-order chi connectivity index (χ0) is 12.7. The number of rotatable bonds is 2. The maximum atomic E-state index is 13.5. The second-order valence-corrected chi connectivity index (χ2v) is 4.28. The number of hydrogen-bond donors (Lipinski definition) is 2. The highest BCUT2D eigenvalue weighted by Gasteiger charge is 2.22. The Morgan fingerprint density at radius 2 is 2.39 bits per heavy atom. The first kappa shape index (κ1) is 11.2. The van der Waals surface area contributed by atoms with Gasteiger partial charge in [-0.25, -0.2) is 14.2 Å². The standard InChI is InChI=1S/C12H11FN2O3/c13-7-5-9-8(4-6(7)12(16)17)14-11(15-9)10-2-1-3-18-10/h4-5,10H,1-3H2,(H,14,15)(H,16,17). The minimum absolute atomic E-state index is 0.103. The number of aromatic nitrogens is 2. The number of carbonyl (C=O) groups is 1. The molecule has 1 aromatic carbocycles. The van der Waals surface area contributed by atoms with E-state index in [-0.39, 0.29) is 11.7 Å². The number of carboxylic acids is 1. The average molecular weight is 250 g/mol. The largest absolute Gasteiger partial charge is 0.478 e. The van der Waals surface area contributed by atoms with Gasteiger partial charge in [-0.1, -0.05) is 0 Å². The Hall–Kier alpha value is -1.95. The number of nitrogens with one attached hydrogen (secondary N) is 1. The summed E-state index contributed by atoms with van der Waals surface area (Å²) >= 11 is 0. The molecule has 0 radical (unpaired) electrons. The number of nitrogens with zero attached hydrogens (tertiary/aromatic N) is 1. The molecule has 1 atom stereocenters. The zero-order valence-corrected chi connectivity index (χ0v) is 9.44. The molecule has 2 heterocycles. The van der Waals surface area contributed by atoms with Crippen LogP contribution in [-0.2, 0) is 4.74 Å². The van der Waals surface area contributed by atoms with E-state index in [2.05, 4.69) is 9.97 Å². The van der Waals surface area contributed by atoms with Crippen molar-refractivity contribution in [1.82, 2.24) is 9.97 Å². The number of imidazole rings is 1. The Morgan fingerprint density at radius 3 is 3.06 bits per heavy atom. The van der Waals surface area contributed by atoms with Crippen molar-refractivity contribution < 1.29 is 19.0 Å². The molecule has 0 aliphatic carbocycles. The number of ether oxygens (including phenoxy) is 1.